The standard InChI is InChI=1S/C28H36FN3O4/c1-27(2,18-32-19-28(3,4)22-16-21(29)10-11-23(22)32)17-30-26(34)36-24(20-8-6-5-7-9-20)25(33)31-12-14-35-15-13-31/h5-11,16,24H,12-15,17-19H2,1-4H3,(H,30,34). The number of alkyl carbamates (subject to hydrolysis) is 1. The number of hydrogen-bond donors (Lipinski definition) is 1. The minimum Gasteiger partial charge on any atom is -0.431 e. The van der Waals surface area contributed by atoms with Gasteiger partial charge in [0.25, 0.3) is 5.91 Å². The number of nitrogens with one attached hydrogen (secondary N) is 1. The Morgan fingerprint density at radius 3 is 2.53 bits per heavy atom. The molecule has 4 rings (SSSR count). The Hall–Kier alpha value is -3.13. The van der Waals surface area contributed by atoms with Crippen molar-refractivity contribution in [3.63, 3.8) is 0 Å². The number of halogens is 1. The molecule has 0 saturated carbocycles. The molecule has 0 radical (unpaired) electrons. The van der Waals surface area contributed by atoms with Gasteiger partial charge in [-0.3, -0.25) is 4.79 Å². The minimum atomic E-state index is -1.02. The zero-order valence-corrected chi connectivity index (χ0v) is 21.6. The first-order chi connectivity index (χ1) is 17.1. The number of hydrogen-bond acceptors (Lipinski definition) is 5. The molecule has 2 aliphatic heterocycles. The number of fused-ring (bicyclic) bond motifs is 1. The van der Waals surface area contributed by atoms with Crippen molar-refractivity contribution in [2.24, 2.45) is 5.41 Å². The predicted molar refractivity (Wildman–Crippen MR) is 136 cm³/mol. The van der Waals surface area contributed by atoms with Crippen LogP contribution in [0.1, 0.15) is 44.9 Å². The van der Waals surface area contributed by atoms with Crippen molar-refractivity contribution in [3.8, 4) is 0 Å². The summed E-state index contributed by atoms with van der Waals surface area (Å²) in [5, 5.41) is 2.87. The van der Waals surface area contributed by atoms with Gasteiger partial charge in [0.1, 0.15) is 5.82 Å². The smallest absolute Gasteiger partial charge is 0.408 e. The molecule has 36 heavy (non-hydrogen) atoms. The highest BCUT2D eigenvalue weighted by atomic mass is 19.1. The Morgan fingerprint density at radius 1 is 1.14 bits per heavy atom. The summed E-state index contributed by atoms with van der Waals surface area (Å²) in [4.78, 5) is 30.0. The average Bonchev–Trinajstić information content (AvgIpc) is 3.10. The van der Waals surface area contributed by atoms with Gasteiger partial charge in [0.2, 0.25) is 6.10 Å². The van der Waals surface area contributed by atoms with Gasteiger partial charge in [-0.2, -0.15) is 0 Å². The first-order valence-electron chi connectivity index (χ1n) is 12.5. The molecule has 1 fully saturated rings. The molecule has 1 atom stereocenters. The van der Waals surface area contributed by atoms with E-state index >= 15 is 0 Å². The zero-order chi connectivity index (χ0) is 25.9. The number of anilines is 1. The van der Waals surface area contributed by atoms with Crippen molar-refractivity contribution in [3.05, 3.63) is 65.5 Å². The van der Waals surface area contributed by atoms with E-state index < -0.39 is 12.2 Å². The molecule has 8 heteroatoms. The molecule has 2 aromatic carbocycles. The molecule has 0 bridgehead atoms. The van der Waals surface area contributed by atoms with E-state index in [1.54, 1.807) is 23.1 Å². The summed E-state index contributed by atoms with van der Waals surface area (Å²) in [6.45, 7) is 12.0. The first-order valence-corrected chi connectivity index (χ1v) is 12.5. The normalized spacial score (nSPS) is 17.9. The summed E-state index contributed by atoms with van der Waals surface area (Å²) in [5.41, 5.74) is 2.19. The Bertz CT molecular complexity index is 1080. The van der Waals surface area contributed by atoms with Gasteiger partial charge in [-0.15, -0.1) is 0 Å². The predicted octanol–water partition coefficient (Wildman–Crippen LogP) is 4.28. The molecule has 2 amide bonds. The molecular weight excluding hydrogens is 461 g/mol. The Morgan fingerprint density at radius 2 is 1.83 bits per heavy atom. The van der Waals surface area contributed by atoms with Crippen LogP contribution in [-0.4, -0.2) is 62.8 Å². The van der Waals surface area contributed by atoms with E-state index in [1.807, 2.05) is 24.3 Å². The van der Waals surface area contributed by atoms with E-state index in [4.69, 9.17) is 9.47 Å². The van der Waals surface area contributed by atoms with Crippen LogP contribution in [0.25, 0.3) is 0 Å². The van der Waals surface area contributed by atoms with Gasteiger partial charge < -0.3 is 24.6 Å². The summed E-state index contributed by atoms with van der Waals surface area (Å²) in [6, 6.07) is 14.0. The maximum absolute atomic E-state index is 13.9. The lowest BCUT2D eigenvalue weighted by Gasteiger charge is -2.33. The van der Waals surface area contributed by atoms with Crippen LogP contribution in [0.15, 0.2) is 48.5 Å². The summed E-state index contributed by atoms with van der Waals surface area (Å²) < 4.78 is 24.9. The molecule has 0 aliphatic carbocycles. The lowest BCUT2D eigenvalue weighted by molar-refractivity contribution is -0.144. The molecule has 0 aromatic heterocycles. The number of benzene rings is 2. The van der Waals surface area contributed by atoms with Gasteiger partial charge in [-0.25, -0.2) is 9.18 Å². The summed E-state index contributed by atoms with van der Waals surface area (Å²) in [5.74, 6) is -0.478. The number of amides is 2. The molecule has 1 N–H and O–H groups in total. The Kier molecular flexibility index (Phi) is 7.54. The lowest BCUT2D eigenvalue weighted by atomic mass is 9.87. The third kappa shape index (κ3) is 5.98. The number of carbonyl (C=O) groups excluding carboxylic acids is 2. The van der Waals surface area contributed by atoms with Crippen molar-refractivity contribution >= 4 is 17.7 Å². The number of nitrogens with zero attached hydrogens (tertiary/aromatic N) is 2. The second-order valence-corrected chi connectivity index (χ2v) is 11.1. The van der Waals surface area contributed by atoms with Crippen molar-refractivity contribution in [1.82, 2.24) is 10.2 Å². The quantitative estimate of drug-likeness (QED) is 0.619. The molecule has 0 spiro atoms. The maximum atomic E-state index is 13.9. The highest BCUT2D eigenvalue weighted by Gasteiger charge is 2.38. The molecular formula is C28H36FN3O4. The van der Waals surface area contributed by atoms with Gasteiger partial charge >= 0.3 is 6.09 Å². The van der Waals surface area contributed by atoms with Gasteiger partial charge in [0, 0.05) is 49.4 Å². The fraction of sp³-hybridized carbons (Fsp3) is 0.500. The Balaban J connectivity index is 1.39. The van der Waals surface area contributed by atoms with E-state index in [-0.39, 0.29) is 22.6 Å². The Labute approximate surface area is 212 Å². The molecule has 7 nitrogen and oxygen atoms in total. The van der Waals surface area contributed by atoms with Gasteiger partial charge in [-0.1, -0.05) is 58.0 Å². The summed E-state index contributed by atoms with van der Waals surface area (Å²) >= 11 is 0. The van der Waals surface area contributed by atoms with Crippen LogP contribution >= 0.6 is 0 Å². The van der Waals surface area contributed by atoms with Crippen molar-refractivity contribution in [2.45, 2.75) is 39.2 Å². The summed E-state index contributed by atoms with van der Waals surface area (Å²) in [7, 11) is 0. The van der Waals surface area contributed by atoms with Gasteiger partial charge in [0.15, 0.2) is 0 Å². The molecule has 2 aromatic rings. The lowest BCUT2D eigenvalue weighted by Crippen LogP contribution is -2.46. The highest BCUT2D eigenvalue weighted by Crippen LogP contribution is 2.41. The van der Waals surface area contributed by atoms with Gasteiger partial charge in [0.05, 0.1) is 13.2 Å². The number of rotatable bonds is 7. The largest absolute Gasteiger partial charge is 0.431 e. The third-order valence-electron chi connectivity index (χ3n) is 6.82. The second-order valence-electron chi connectivity index (χ2n) is 11.1. The number of carbonyl (C=O) groups is 2. The van der Waals surface area contributed by atoms with Gasteiger partial charge in [-0.05, 0) is 29.2 Å². The number of morpholine rings is 1. The van der Waals surface area contributed by atoms with Crippen LogP contribution in [0.4, 0.5) is 14.9 Å². The van der Waals surface area contributed by atoms with E-state index in [1.165, 1.54) is 6.07 Å². The molecule has 1 saturated heterocycles. The molecule has 2 aliphatic rings. The van der Waals surface area contributed by atoms with Crippen LogP contribution in [-0.2, 0) is 19.7 Å². The van der Waals surface area contributed by atoms with E-state index in [0.29, 0.717) is 45.0 Å². The van der Waals surface area contributed by atoms with E-state index in [9.17, 15) is 14.0 Å². The van der Waals surface area contributed by atoms with Crippen LogP contribution in [0.2, 0.25) is 0 Å². The molecule has 194 valence electrons. The number of ether oxygens (including phenoxy) is 2. The van der Waals surface area contributed by atoms with Crippen LogP contribution in [0, 0.1) is 11.2 Å². The summed E-state index contributed by atoms with van der Waals surface area (Å²) in [6.07, 6.45) is -1.66. The third-order valence-corrected chi connectivity index (χ3v) is 6.82. The maximum Gasteiger partial charge on any atom is 0.408 e. The minimum absolute atomic E-state index is 0.164. The first kappa shape index (κ1) is 25.9. The van der Waals surface area contributed by atoms with Crippen LogP contribution in [0.5, 0.6) is 0 Å². The van der Waals surface area contributed by atoms with Crippen molar-refractivity contribution in [1.29, 1.82) is 0 Å². The molecule has 1 unspecified atom stereocenters. The highest BCUT2D eigenvalue weighted by molar-refractivity contribution is 5.85. The fourth-order valence-electron chi connectivity index (χ4n) is 4.99. The van der Waals surface area contributed by atoms with Crippen LogP contribution in [0.3, 0.4) is 0 Å². The second kappa shape index (κ2) is 10.5. The monoisotopic (exact) mass is 497 g/mol. The van der Waals surface area contributed by atoms with Crippen molar-refractivity contribution in [2.75, 3.05) is 50.8 Å². The zero-order valence-electron chi connectivity index (χ0n) is 21.6. The van der Waals surface area contributed by atoms with E-state index in [0.717, 1.165) is 17.8 Å². The van der Waals surface area contributed by atoms with Crippen molar-refractivity contribution < 1.29 is 23.5 Å². The van der Waals surface area contributed by atoms with Crippen LogP contribution < -0.4 is 10.2 Å². The molecule has 2 heterocycles. The topological polar surface area (TPSA) is 71.1 Å². The van der Waals surface area contributed by atoms with E-state index in [2.05, 4.69) is 37.9 Å². The average molecular weight is 498 g/mol. The SMILES string of the molecule is CC(C)(CNC(=O)OC(C(=O)N1CCOCC1)c1ccccc1)CN1CC(C)(C)c2cc(F)ccc21. The fourth-order valence-corrected chi connectivity index (χ4v) is 4.99.